The quantitative estimate of drug-likeness (QED) is 0.548. The molecule has 2 aliphatic rings. The first-order valence-corrected chi connectivity index (χ1v) is 10.0. The lowest BCUT2D eigenvalue weighted by atomic mass is 9.81. The van der Waals surface area contributed by atoms with Crippen molar-refractivity contribution in [1.82, 2.24) is 4.90 Å². The Labute approximate surface area is 174 Å². The lowest BCUT2D eigenvalue weighted by molar-refractivity contribution is 0.499. The minimum atomic E-state index is -0.0917. The molecule has 144 valence electrons. The average molecular weight is 378 g/mol. The van der Waals surface area contributed by atoms with E-state index in [1.54, 1.807) is 0 Å². The Bertz CT molecular complexity index is 1070. The Morgan fingerprint density at radius 2 is 1.55 bits per heavy atom. The Morgan fingerprint density at radius 3 is 2.34 bits per heavy atom. The number of benzene rings is 2. The van der Waals surface area contributed by atoms with Gasteiger partial charge in [0, 0.05) is 24.4 Å². The Hall–Kier alpha value is -3.32. The SMILES string of the molecule is C=C1/C=C\C=C/N(Cc2ccccc2)/C=C\C2=C(C1=C)c1ccccc1C2(C)C. The van der Waals surface area contributed by atoms with Gasteiger partial charge in [0.1, 0.15) is 0 Å². The first-order chi connectivity index (χ1) is 14.0. The predicted octanol–water partition coefficient (Wildman–Crippen LogP) is 6.94. The van der Waals surface area contributed by atoms with Crippen LogP contribution in [0, 0.1) is 0 Å². The predicted molar refractivity (Wildman–Crippen MR) is 124 cm³/mol. The van der Waals surface area contributed by atoms with Gasteiger partial charge >= 0.3 is 0 Å². The van der Waals surface area contributed by atoms with Crippen LogP contribution in [-0.4, -0.2) is 4.90 Å². The summed E-state index contributed by atoms with van der Waals surface area (Å²) in [5.74, 6) is 0. The lowest BCUT2D eigenvalue weighted by Crippen LogP contribution is -2.17. The molecule has 0 unspecified atom stereocenters. The van der Waals surface area contributed by atoms with Crippen molar-refractivity contribution in [2.45, 2.75) is 25.8 Å². The largest absolute Gasteiger partial charge is 0.350 e. The van der Waals surface area contributed by atoms with Crippen LogP contribution in [0.1, 0.15) is 30.5 Å². The van der Waals surface area contributed by atoms with Crippen LogP contribution in [0.4, 0.5) is 0 Å². The monoisotopic (exact) mass is 377 g/mol. The molecule has 0 radical (unpaired) electrons. The first kappa shape index (κ1) is 19.0. The summed E-state index contributed by atoms with van der Waals surface area (Å²) in [6, 6.07) is 19.2. The number of hydrogen-bond acceptors (Lipinski definition) is 1. The summed E-state index contributed by atoms with van der Waals surface area (Å²) in [6.07, 6.45) is 12.7. The van der Waals surface area contributed by atoms with Gasteiger partial charge in [-0.05, 0) is 51.1 Å². The number of allylic oxidation sites excluding steroid dienone is 8. The van der Waals surface area contributed by atoms with E-state index in [4.69, 9.17) is 0 Å². The molecule has 2 aromatic carbocycles. The van der Waals surface area contributed by atoms with E-state index >= 15 is 0 Å². The minimum absolute atomic E-state index is 0.0917. The van der Waals surface area contributed by atoms with Gasteiger partial charge in [0.05, 0.1) is 0 Å². The molecule has 1 heteroatoms. The van der Waals surface area contributed by atoms with Gasteiger partial charge in [0.25, 0.3) is 0 Å². The van der Waals surface area contributed by atoms with E-state index in [1.165, 1.54) is 27.8 Å². The van der Waals surface area contributed by atoms with Crippen LogP contribution in [0.3, 0.4) is 0 Å². The van der Waals surface area contributed by atoms with Gasteiger partial charge in [-0.15, -0.1) is 0 Å². The van der Waals surface area contributed by atoms with Crippen molar-refractivity contribution >= 4 is 5.57 Å². The second-order valence-electron chi connectivity index (χ2n) is 8.14. The maximum Gasteiger partial charge on any atom is 0.0470 e. The van der Waals surface area contributed by atoms with E-state index in [1.807, 2.05) is 12.2 Å². The zero-order valence-electron chi connectivity index (χ0n) is 17.2. The zero-order valence-corrected chi connectivity index (χ0v) is 17.2. The molecule has 1 aliphatic carbocycles. The minimum Gasteiger partial charge on any atom is -0.350 e. The third kappa shape index (κ3) is 3.56. The summed E-state index contributed by atoms with van der Waals surface area (Å²) in [5.41, 5.74) is 8.21. The van der Waals surface area contributed by atoms with E-state index in [9.17, 15) is 0 Å². The lowest BCUT2D eigenvalue weighted by Gasteiger charge is -2.24. The second kappa shape index (κ2) is 7.60. The van der Waals surface area contributed by atoms with E-state index in [2.05, 4.69) is 111 Å². The fourth-order valence-electron chi connectivity index (χ4n) is 4.18. The summed E-state index contributed by atoms with van der Waals surface area (Å²) in [5, 5.41) is 0. The average Bonchev–Trinajstić information content (AvgIpc) is 2.94. The van der Waals surface area contributed by atoms with Crippen LogP contribution < -0.4 is 0 Å². The van der Waals surface area contributed by atoms with Crippen LogP contribution >= 0.6 is 0 Å². The third-order valence-corrected chi connectivity index (χ3v) is 5.83. The van der Waals surface area contributed by atoms with Crippen molar-refractivity contribution in [1.29, 1.82) is 0 Å². The molecular weight excluding hydrogens is 350 g/mol. The normalized spacial score (nSPS) is 21.2. The van der Waals surface area contributed by atoms with Crippen molar-refractivity contribution in [2.75, 3.05) is 0 Å². The molecule has 1 aliphatic heterocycles. The summed E-state index contributed by atoms with van der Waals surface area (Å²) in [7, 11) is 0. The van der Waals surface area contributed by atoms with Gasteiger partial charge in [-0.1, -0.05) is 93.8 Å². The zero-order chi connectivity index (χ0) is 20.4. The molecule has 4 rings (SSSR count). The van der Waals surface area contributed by atoms with Crippen LogP contribution in [0.2, 0.25) is 0 Å². The highest BCUT2D eigenvalue weighted by Crippen LogP contribution is 2.50. The molecule has 29 heavy (non-hydrogen) atoms. The van der Waals surface area contributed by atoms with E-state index < -0.39 is 0 Å². The third-order valence-electron chi connectivity index (χ3n) is 5.83. The van der Waals surface area contributed by atoms with Crippen LogP contribution in [0.15, 0.2) is 121 Å². The molecule has 0 amide bonds. The summed E-state index contributed by atoms with van der Waals surface area (Å²) < 4.78 is 0. The van der Waals surface area contributed by atoms with Gasteiger partial charge < -0.3 is 4.90 Å². The maximum atomic E-state index is 4.41. The van der Waals surface area contributed by atoms with Gasteiger partial charge in [-0.3, -0.25) is 0 Å². The number of rotatable bonds is 2. The fourth-order valence-corrected chi connectivity index (χ4v) is 4.18. The van der Waals surface area contributed by atoms with Crippen molar-refractivity contribution in [3.63, 3.8) is 0 Å². The highest BCUT2D eigenvalue weighted by atomic mass is 15.1. The molecule has 0 spiro atoms. The maximum absolute atomic E-state index is 4.41. The molecule has 0 saturated heterocycles. The van der Waals surface area contributed by atoms with Crippen molar-refractivity contribution < 1.29 is 0 Å². The van der Waals surface area contributed by atoms with Gasteiger partial charge in [0.2, 0.25) is 0 Å². The topological polar surface area (TPSA) is 3.24 Å². The Morgan fingerprint density at radius 1 is 0.828 bits per heavy atom. The Balaban J connectivity index is 1.82. The summed E-state index contributed by atoms with van der Waals surface area (Å²) >= 11 is 0. The standard InChI is InChI=1S/C28H27N/c1-21-12-10-11-18-29(20-23-13-6-5-7-14-23)19-17-26-27(22(21)2)24-15-8-9-16-25(24)28(26,3)4/h5-19H,1-2,20H2,3-4H3/b12-10-,18-11-,19-17-. The van der Waals surface area contributed by atoms with E-state index in [0.29, 0.717) is 0 Å². The van der Waals surface area contributed by atoms with Gasteiger partial charge in [-0.25, -0.2) is 0 Å². The highest BCUT2D eigenvalue weighted by Gasteiger charge is 2.37. The molecular formula is C28H27N. The molecule has 0 atom stereocenters. The highest BCUT2D eigenvalue weighted by molar-refractivity contribution is 5.93. The molecule has 0 saturated carbocycles. The number of fused-ring (bicyclic) bond motifs is 2. The van der Waals surface area contributed by atoms with E-state index in [-0.39, 0.29) is 5.41 Å². The first-order valence-electron chi connectivity index (χ1n) is 10.0. The van der Waals surface area contributed by atoms with Crippen molar-refractivity contribution in [2.24, 2.45) is 0 Å². The molecule has 1 nitrogen and oxygen atoms in total. The summed E-state index contributed by atoms with van der Waals surface area (Å²) in [4.78, 5) is 2.22. The smallest absolute Gasteiger partial charge is 0.0470 e. The summed E-state index contributed by atoms with van der Waals surface area (Å²) in [6.45, 7) is 14.1. The van der Waals surface area contributed by atoms with Gasteiger partial charge in [-0.2, -0.15) is 0 Å². The number of hydrogen-bond donors (Lipinski definition) is 0. The Kier molecular flexibility index (Phi) is 4.98. The van der Waals surface area contributed by atoms with Gasteiger partial charge in [0.15, 0.2) is 0 Å². The molecule has 0 bridgehead atoms. The van der Waals surface area contributed by atoms with Crippen LogP contribution in [-0.2, 0) is 12.0 Å². The molecule has 0 N–H and O–H groups in total. The van der Waals surface area contributed by atoms with Crippen LogP contribution in [0.25, 0.3) is 5.57 Å². The molecule has 2 aromatic rings. The van der Waals surface area contributed by atoms with Crippen molar-refractivity contribution in [3.8, 4) is 0 Å². The second-order valence-corrected chi connectivity index (χ2v) is 8.14. The molecule has 0 aromatic heterocycles. The van der Waals surface area contributed by atoms with E-state index in [0.717, 1.165) is 17.7 Å². The van der Waals surface area contributed by atoms with Crippen molar-refractivity contribution in [3.05, 3.63) is 138 Å². The molecule has 1 heterocycles. The fraction of sp³-hybridized carbons (Fsp3) is 0.143. The molecule has 0 fully saturated rings. The van der Waals surface area contributed by atoms with Crippen LogP contribution in [0.5, 0.6) is 0 Å². The number of nitrogens with zero attached hydrogens (tertiary/aromatic N) is 1.